The van der Waals surface area contributed by atoms with Crippen molar-refractivity contribution in [1.82, 2.24) is 5.32 Å². The third kappa shape index (κ3) is 0.848. The van der Waals surface area contributed by atoms with Gasteiger partial charge in [0, 0.05) is 6.04 Å². The Morgan fingerprint density at radius 2 is 2.12 bits per heavy atom. The van der Waals surface area contributed by atoms with Crippen LogP contribution in [0.4, 0.5) is 0 Å². The van der Waals surface area contributed by atoms with Crippen LogP contribution in [-0.4, -0.2) is 12.6 Å². The molecule has 2 atom stereocenters. The van der Waals surface area contributed by atoms with Crippen LogP contribution in [0.3, 0.4) is 0 Å². The van der Waals surface area contributed by atoms with Crippen molar-refractivity contribution in [1.29, 1.82) is 0 Å². The first-order valence-electron chi connectivity index (χ1n) is 3.18. The van der Waals surface area contributed by atoms with Gasteiger partial charge in [0.1, 0.15) is 0 Å². The summed E-state index contributed by atoms with van der Waals surface area (Å²) >= 11 is 0. The lowest BCUT2D eigenvalue weighted by atomic mass is 10.1. The fourth-order valence-corrected chi connectivity index (χ4v) is 1.78. The van der Waals surface area contributed by atoms with Gasteiger partial charge in [-0.05, 0) is 31.7 Å². The molecule has 2 aliphatic rings. The van der Waals surface area contributed by atoms with Crippen LogP contribution >= 0.6 is 12.4 Å². The number of fused-ring (bicyclic) bond motifs is 2. The van der Waals surface area contributed by atoms with Crippen LogP contribution in [0.2, 0.25) is 0 Å². The molecule has 1 unspecified atom stereocenters. The molecule has 1 saturated heterocycles. The largest absolute Gasteiger partial charge is 0.314 e. The van der Waals surface area contributed by atoms with Gasteiger partial charge in [-0.1, -0.05) is 0 Å². The van der Waals surface area contributed by atoms with E-state index in [0.29, 0.717) is 0 Å². The molecule has 0 spiro atoms. The van der Waals surface area contributed by atoms with Crippen molar-refractivity contribution in [2.75, 3.05) is 6.54 Å². The highest BCUT2D eigenvalue weighted by Gasteiger charge is 2.30. The van der Waals surface area contributed by atoms with Gasteiger partial charge in [-0.25, -0.2) is 0 Å². The van der Waals surface area contributed by atoms with Crippen LogP contribution < -0.4 is 5.32 Å². The Morgan fingerprint density at radius 3 is 2.25 bits per heavy atom. The molecule has 0 radical (unpaired) electrons. The zero-order valence-corrected chi connectivity index (χ0v) is 5.71. The molecule has 1 saturated carbocycles. The van der Waals surface area contributed by atoms with Crippen LogP contribution in [-0.2, 0) is 0 Å². The van der Waals surface area contributed by atoms with Crippen molar-refractivity contribution >= 4 is 12.4 Å². The summed E-state index contributed by atoms with van der Waals surface area (Å²) < 4.78 is 0. The smallest absolute Gasteiger partial charge is 0.00704 e. The van der Waals surface area contributed by atoms with Gasteiger partial charge in [-0.2, -0.15) is 0 Å². The molecular formula is C6H12ClN. The second-order valence-electron chi connectivity index (χ2n) is 2.78. The summed E-state index contributed by atoms with van der Waals surface area (Å²) in [5.41, 5.74) is 0. The highest BCUT2D eigenvalue weighted by atomic mass is 35.5. The van der Waals surface area contributed by atoms with E-state index in [0.717, 1.165) is 12.0 Å². The Bertz CT molecular complexity index is 66.6. The van der Waals surface area contributed by atoms with Gasteiger partial charge < -0.3 is 5.32 Å². The van der Waals surface area contributed by atoms with Crippen LogP contribution in [0, 0.1) is 5.92 Å². The highest BCUT2D eigenvalue weighted by molar-refractivity contribution is 5.85. The van der Waals surface area contributed by atoms with Gasteiger partial charge in [0.25, 0.3) is 0 Å². The third-order valence-electron chi connectivity index (χ3n) is 2.24. The van der Waals surface area contributed by atoms with Crippen molar-refractivity contribution in [3.05, 3.63) is 0 Å². The summed E-state index contributed by atoms with van der Waals surface area (Å²) in [7, 11) is 0. The molecule has 1 nitrogen and oxygen atoms in total. The molecule has 0 amide bonds. The Balaban J connectivity index is 0.000000320. The maximum absolute atomic E-state index is 3.46. The SMILES string of the molecule is C1C[C@H]2CC1CN2.Cl. The fourth-order valence-electron chi connectivity index (χ4n) is 1.78. The quantitative estimate of drug-likeness (QED) is 0.524. The van der Waals surface area contributed by atoms with E-state index in [2.05, 4.69) is 5.32 Å². The predicted octanol–water partition coefficient (Wildman–Crippen LogP) is 1.18. The van der Waals surface area contributed by atoms with E-state index in [9.17, 15) is 0 Å². The molecule has 1 aliphatic heterocycles. The van der Waals surface area contributed by atoms with Gasteiger partial charge >= 0.3 is 0 Å². The first-order valence-corrected chi connectivity index (χ1v) is 3.18. The first-order chi connectivity index (χ1) is 3.45. The average Bonchev–Trinajstić information content (AvgIpc) is 2.22. The lowest BCUT2D eigenvalue weighted by Crippen LogP contribution is -2.23. The third-order valence-corrected chi connectivity index (χ3v) is 2.24. The second kappa shape index (κ2) is 2.24. The Hall–Kier alpha value is 0.250. The van der Waals surface area contributed by atoms with Crippen molar-refractivity contribution in [2.24, 2.45) is 5.92 Å². The summed E-state index contributed by atoms with van der Waals surface area (Å²) in [6.45, 7) is 1.31. The van der Waals surface area contributed by atoms with Gasteiger partial charge in [-0.15, -0.1) is 12.4 Å². The molecule has 2 bridgehead atoms. The van der Waals surface area contributed by atoms with Crippen molar-refractivity contribution in [3.63, 3.8) is 0 Å². The number of rotatable bonds is 0. The van der Waals surface area contributed by atoms with Crippen LogP contribution in [0.15, 0.2) is 0 Å². The van der Waals surface area contributed by atoms with Crippen molar-refractivity contribution < 1.29 is 0 Å². The molecule has 48 valence electrons. The zero-order chi connectivity index (χ0) is 4.69. The average molecular weight is 134 g/mol. The monoisotopic (exact) mass is 133 g/mol. The van der Waals surface area contributed by atoms with E-state index in [4.69, 9.17) is 0 Å². The topological polar surface area (TPSA) is 12.0 Å². The first kappa shape index (κ1) is 6.37. The molecule has 1 N–H and O–H groups in total. The van der Waals surface area contributed by atoms with Crippen molar-refractivity contribution in [3.8, 4) is 0 Å². The molecule has 2 rings (SSSR count). The maximum atomic E-state index is 3.46. The van der Waals surface area contributed by atoms with E-state index in [1.807, 2.05) is 0 Å². The Kier molecular flexibility index (Phi) is 1.78. The van der Waals surface area contributed by atoms with Crippen molar-refractivity contribution in [2.45, 2.75) is 25.3 Å². The van der Waals surface area contributed by atoms with E-state index in [1.54, 1.807) is 0 Å². The summed E-state index contributed by atoms with van der Waals surface area (Å²) in [5.74, 6) is 1.06. The number of nitrogens with one attached hydrogen (secondary N) is 1. The van der Waals surface area contributed by atoms with Gasteiger partial charge in [0.05, 0.1) is 0 Å². The number of halogens is 1. The van der Waals surface area contributed by atoms with E-state index in [-0.39, 0.29) is 12.4 Å². The number of hydrogen-bond donors (Lipinski definition) is 1. The molecular weight excluding hydrogens is 122 g/mol. The summed E-state index contributed by atoms with van der Waals surface area (Å²) in [6.07, 6.45) is 4.42. The molecule has 2 fully saturated rings. The molecule has 0 aromatic carbocycles. The number of hydrogen-bond acceptors (Lipinski definition) is 1. The summed E-state index contributed by atoms with van der Waals surface area (Å²) in [6, 6.07) is 0.921. The van der Waals surface area contributed by atoms with E-state index in [1.165, 1.54) is 25.8 Å². The minimum absolute atomic E-state index is 0. The minimum Gasteiger partial charge on any atom is -0.314 e. The molecule has 1 heterocycles. The maximum Gasteiger partial charge on any atom is 0.00704 e. The number of piperidine rings is 1. The normalized spacial score (nSPS) is 42.0. The molecule has 1 aliphatic carbocycles. The van der Waals surface area contributed by atoms with Crippen LogP contribution in [0.25, 0.3) is 0 Å². The van der Waals surface area contributed by atoms with Gasteiger partial charge in [0.2, 0.25) is 0 Å². The molecule has 0 aromatic heterocycles. The lowest BCUT2D eigenvalue weighted by molar-refractivity contribution is 0.504. The molecule has 8 heavy (non-hydrogen) atoms. The summed E-state index contributed by atoms with van der Waals surface area (Å²) in [5, 5.41) is 3.46. The zero-order valence-electron chi connectivity index (χ0n) is 4.89. The highest BCUT2D eigenvalue weighted by Crippen LogP contribution is 2.29. The molecule has 2 heteroatoms. The molecule has 0 aromatic rings. The predicted molar refractivity (Wildman–Crippen MR) is 36.4 cm³/mol. The second-order valence-corrected chi connectivity index (χ2v) is 2.78. The van der Waals surface area contributed by atoms with E-state index < -0.39 is 0 Å². The Morgan fingerprint density at radius 1 is 1.25 bits per heavy atom. The van der Waals surface area contributed by atoms with Gasteiger partial charge in [-0.3, -0.25) is 0 Å². The Labute approximate surface area is 56.3 Å². The fraction of sp³-hybridized carbons (Fsp3) is 1.00. The van der Waals surface area contributed by atoms with Gasteiger partial charge in [0.15, 0.2) is 0 Å². The van der Waals surface area contributed by atoms with Crippen LogP contribution in [0.1, 0.15) is 19.3 Å². The standard InChI is InChI=1S/C6H11N.ClH/c1-2-6-3-5(1)4-7-6;/h5-7H,1-4H2;1H/t5?,6-;/m0./s1. The lowest BCUT2D eigenvalue weighted by Gasteiger charge is -2.08. The van der Waals surface area contributed by atoms with E-state index >= 15 is 0 Å². The summed E-state index contributed by atoms with van der Waals surface area (Å²) in [4.78, 5) is 0. The van der Waals surface area contributed by atoms with Crippen LogP contribution in [0.5, 0.6) is 0 Å². The minimum atomic E-state index is 0.